The molecule has 1 aromatic carbocycles. The van der Waals surface area contributed by atoms with Crippen LogP contribution in [0.4, 0.5) is 5.69 Å². The number of nitrogens with zero attached hydrogens (tertiary/aromatic N) is 1. The van der Waals surface area contributed by atoms with Crippen LogP contribution < -0.4 is 5.32 Å². The zero-order chi connectivity index (χ0) is 21.7. The first kappa shape index (κ1) is 22.5. The number of nitro benzene ring substituents is 1. The maximum Gasteiger partial charge on any atom is 0.336 e. The van der Waals surface area contributed by atoms with Gasteiger partial charge in [0.2, 0.25) is 0 Å². The lowest BCUT2D eigenvalue weighted by Gasteiger charge is -2.36. The molecule has 1 aromatic rings. The third-order valence-corrected chi connectivity index (χ3v) is 4.59. The number of nitrogens with one attached hydrogen (secondary N) is 1. The van der Waals surface area contributed by atoms with Crippen molar-refractivity contribution in [2.75, 3.05) is 13.2 Å². The van der Waals surface area contributed by atoms with Gasteiger partial charge < -0.3 is 19.9 Å². The summed E-state index contributed by atoms with van der Waals surface area (Å²) in [5, 5.41) is 23.8. The van der Waals surface area contributed by atoms with Crippen LogP contribution in [0.5, 0.6) is 0 Å². The Labute approximate surface area is 168 Å². The summed E-state index contributed by atoms with van der Waals surface area (Å²) >= 11 is 0. The molecule has 0 bridgehead atoms. The van der Waals surface area contributed by atoms with Gasteiger partial charge in [-0.25, -0.2) is 4.79 Å². The van der Waals surface area contributed by atoms with E-state index in [0.717, 1.165) is 0 Å². The Kier molecular flexibility index (Phi) is 7.46. The standard InChI is InChI=1S/C20H26N2O7/c1-11(2)29-20(25)17-13(4)21-12(3)16(19(24)28-10-9-23)18(17)14-7-5-6-8-15(14)22(26)27/h5-8,11-13,16,21,23H,9-10H2,1-4H3. The highest BCUT2D eigenvalue weighted by atomic mass is 16.6. The van der Waals surface area contributed by atoms with E-state index < -0.39 is 41.0 Å². The SMILES string of the molecule is CC(C)OC(=O)C1=C(c2ccccc2[N+](=O)[O-])C(C(=O)OCCO)C(C)NC1C. The Hall–Kier alpha value is -2.78. The molecule has 9 nitrogen and oxygen atoms in total. The molecule has 0 aromatic heterocycles. The average molecular weight is 406 g/mol. The molecule has 29 heavy (non-hydrogen) atoms. The average Bonchev–Trinajstić information content (AvgIpc) is 2.64. The van der Waals surface area contributed by atoms with Crippen LogP contribution in [-0.2, 0) is 19.1 Å². The number of nitro groups is 1. The number of carbonyl (C=O) groups is 2. The Bertz CT molecular complexity index is 819. The van der Waals surface area contributed by atoms with Crippen molar-refractivity contribution in [2.24, 2.45) is 5.92 Å². The molecule has 2 N–H and O–H groups in total. The van der Waals surface area contributed by atoms with Gasteiger partial charge in [0.15, 0.2) is 0 Å². The lowest BCUT2D eigenvalue weighted by atomic mass is 9.78. The molecule has 1 heterocycles. The second kappa shape index (κ2) is 9.62. The van der Waals surface area contributed by atoms with Crippen LogP contribution in [0, 0.1) is 16.0 Å². The number of carbonyl (C=O) groups excluding carboxylic acids is 2. The van der Waals surface area contributed by atoms with E-state index in [2.05, 4.69) is 5.32 Å². The van der Waals surface area contributed by atoms with Crippen molar-refractivity contribution in [1.82, 2.24) is 5.32 Å². The topological polar surface area (TPSA) is 128 Å². The van der Waals surface area contributed by atoms with Crippen molar-refractivity contribution >= 4 is 23.2 Å². The van der Waals surface area contributed by atoms with Gasteiger partial charge in [0.05, 0.1) is 34.7 Å². The molecule has 0 radical (unpaired) electrons. The highest BCUT2D eigenvalue weighted by Crippen LogP contribution is 2.40. The number of hydrogen-bond donors (Lipinski definition) is 2. The van der Waals surface area contributed by atoms with E-state index in [9.17, 15) is 19.7 Å². The zero-order valence-electron chi connectivity index (χ0n) is 16.9. The predicted octanol–water partition coefficient (Wildman–Crippen LogP) is 1.83. The monoisotopic (exact) mass is 406 g/mol. The van der Waals surface area contributed by atoms with Gasteiger partial charge in [0, 0.05) is 18.2 Å². The fourth-order valence-corrected chi connectivity index (χ4v) is 3.52. The Morgan fingerprint density at radius 2 is 1.93 bits per heavy atom. The van der Waals surface area contributed by atoms with Crippen molar-refractivity contribution in [2.45, 2.75) is 45.9 Å². The first-order valence-corrected chi connectivity index (χ1v) is 9.41. The summed E-state index contributed by atoms with van der Waals surface area (Å²) in [5.74, 6) is -2.33. The number of esters is 2. The van der Waals surface area contributed by atoms with E-state index in [-0.39, 0.29) is 35.6 Å². The van der Waals surface area contributed by atoms with E-state index in [0.29, 0.717) is 0 Å². The third kappa shape index (κ3) is 4.99. The lowest BCUT2D eigenvalue weighted by Crippen LogP contribution is -2.50. The Balaban J connectivity index is 2.76. The molecule has 0 spiro atoms. The molecule has 9 heteroatoms. The highest BCUT2D eigenvalue weighted by Gasteiger charge is 2.43. The quantitative estimate of drug-likeness (QED) is 0.399. The summed E-state index contributed by atoms with van der Waals surface area (Å²) in [4.78, 5) is 36.8. The zero-order valence-corrected chi connectivity index (χ0v) is 16.9. The maximum absolute atomic E-state index is 12.9. The molecule has 0 fully saturated rings. The summed E-state index contributed by atoms with van der Waals surface area (Å²) in [6, 6.07) is 4.97. The molecule has 0 saturated heterocycles. The normalized spacial score (nSPS) is 21.8. The number of aliphatic hydroxyl groups is 1. The molecule has 0 amide bonds. The van der Waals surface area contributed by atoms with Crippen LogP contribution in [0.3, 0.4) is 0 Å². The molecule has 2 rings (SSSR count). The Morgan fingerprint density at radius 1 is 1.28 bits per heavy atom. The fraction of sp³-hybridized carbons (Fsp3) is 0.500. The fourth-order valence-electron chi connectivity index (χ4n) is 3.52. The second-order valence-corrected chi connectivity index (χ2v) is 7.10. The van der Waals surface area contributed by atoms with Gasteiger partial charge in [-0.3, -0.25) is 14.9 Å². The third-order valence-electron chi connectivity index (χ3n) is 4.59. The van der Waals surface area contributed by atoms with E-state index in [1.165, 1.54) is 18.2 Å². The number of para-hydroxylation sites is 1. The van der Waals surface area contributed by atoms with Gasteiger partial charge in [-0.15, -0.1) is 0 Å². The van der Waals surface area contributed by atoms with Crippen LogP contribution >= 0.6 is 0 Å². The van der Waals surface area contributed by atoms with Crippen LogP contribution in [0.2, 0.25) is 0 Å². The first-order chi connectivity index (χ1) is 13.7. The largest absolute Gasteiger partial charge is 0.463 e. The highest BCUT2D eigenvalue weighted by molar-refractivity contribution is 6.05. The summed E-state index contributed by atoms with van der Waals surface area (Å²) in [6.07, 6.45) is -0.409. The van der Waals surface area contributed by atoms with E-state index in [1.54, 1.807) is 33.8 Å². The number of rotatable bonds is 7. The van der Waals surface area contributed by atoms with Gasteiger partial charge in [0.1, 0.15) is 6.61 Å². The van der Waals surface area contributed by atoms with Gasteiger partial charge in [-0.2, -0.15) is 0 Å². The second-order valence-electron chi connectivity index (χ2n) is 7.10. The van der Waals surface area contributed by atoms with Crippen molar-refractivity contribution < 1.29 is 29.1 Å². The molecule has 1 aliphatic heterocycles. The van der Waals surface area contributed by atoms with E-state index in [1.807, 2.05) is 0 Å². The molecule has 3 atom stereocenters. The summed E-state index contributed by atoms with van der Waals surface area (Å²) < 4.78 is 10.5. The van der Waals surface area contributed by atoms with Crippen molar-refractivity contribution in [1.29, 1.82) is 0 Å². The van der Waals surface area contributed by atoms with Gasteiger partial charge in [0.25, 0.3) is 5.69 Å². The summed E-state index contributed by atoms with van der Waals surface area (Å²) in [5.41, 5.74) is 0.305. The minimum absolute atomic E-state index is 0.150. The molecular formula is C20H26N2O7. The Morgan fingerprint density at radius 3 is 2.52 bits per heavy atom. The minimum atomic E-state index is -0.992. The molecule has 3 unspecified atom stereocenters. The first-order valence-electron chi connectivity index (χ1n) is 9.41. The van der Waals surface area contributed by atoms with Gasteiger partial charge in [-0.1, -0.05) is 12.1 Å². The smallest absolute Gasteiger partial charge is 0.336 e. The van der Waals surface area contributed by atoms with E-state index in [4.69, 9.17) is 14.6 Å². The van der Waals surface area contributed by atoms with Crippen LogP contribution in [0.25, 0.3) is 5.57 Å². The minimum Gasteiger partial charge on any atom is -0.463 e. The van der Waals surface area contributed by atoms with Crippen LogP contribution in [-0.4, -0.2) is 53.4 Å². The number of aliphatic hydroxyl groups excluding tert-OH is 1. The number of ether oxygens (including phenoxy) is 2. The van der Waals surface area contributed by atoms with Crippen molar-refractivity contribution in [3.8, 4) is 0 Å². The van der Waals surface area contributed by atoms with Crippen molar-refractivity contribution in [3.05, 3.63) is 45.5 Å². The maximum atomic E-state index is 12.9. The number of benzene rings is 1. The molecular weight excluding hydrogens is 380 g/mol. The molecule has 158 valence electrons. The molecule has 0 saturated carbocycles. The molecule has 0 aliphatic carbocycles. The van der Waals surface area contributed by atoms with Gasteiger partial charge in [-0.05, 0) is 39.3 Å². The predicted molar refractivity (Wildman–Crippen MR) is 105 cm³/mol. The summed E-state index contributed by atoms with van der Waals surface area (Å²) in [7, 11) is 0. The molecule has 1 aliphatic rings. The van der Waals surface area contributed by atoms with E-state index >= 15 is 0 Å². The lowest BCUT2D eigenvalue weighted by molar-refractivity contribution is -0.385. The van der Waals surface area contributed by atoms with Crippen molar-refractivity contribution in [3.63, 3.8) is 0 Å². The van der Waals surface area contributed by atoms with Crippen LogP contribution in [0.1, 0.15) is 33.3 Å². The van der Waals surface area contributed by atoms with Gasteiger partial charge >= 0.3 is 11.9 Å². The number of hydrogen-bond acceptors (Lipinski definition) is 8. The summed E-state index contributed by atoms with van der Waals surface area (Å²) in [6.45, 7) is 6.29. The van der Waals surface area contributed by atoms with Crippen LogP contribution in [0.15, 0.2) is 29.8 Å².